The van der Waals surface area contributed by atoms with E-state index in [9.17, 15) is 9.59 Å². The second-order valence-electron chi connectivity index (χ2n) is 3.80. The maximum atomic E-state index is 11.6. The summed E-state index contributed by atoms with van der Waals surface area (Å²) in [6.07, 6.45) is 1.08. The SMILES string of the molecule is C=CC1CC(=O)C(C(=O)O)C1C(OC)OC. The van der Waals surface area contributed by atoms with Crippen molar-refractivity contribution in [1.29, 1.82) is 0 Å². The Hall–Kier alpha value is -1.20. The number of carboxylic acids is 1. The quantitative estimate of drug-likeness (QED) is 0.426. The van der Waals surface area contributed by atoms with Crippen molar-refractivity contribution in [2.45, 2.75) is 12.7 Å². The number of rotatable bonds is 5. The zero-order valence-electron chi connectivity index (χ0n) is 9.38. The molecule has 0 saturated heterocycles. The van der Waals surface area contributed by atoms with E-state index >= 15 is 0 Å². The van der Waals surface area contributed by atoms with Crippen LogP contribution in [0.1, 0.15) is 6.42 Å². The average Bonchev–Trinajstić information content (AvgIpc) is 2.57. The summed E-state index contributed by atoms with van der Waals surface area (Å²) < 4.78 is 10.1. The molecule has 0 amide bonds. The Bertz CT molecular complexity index is 295. The van der Waals surface area contributed by atoms with Crippen LogP contribution in [0.2, 0.25) is 0 Å². The van der Waals surface area contributed by atoms with E-state index in [4.69, 9.17) is 14.6 Å². The topological polar surface area (TPSA) is 72.8 Å². The molecule has 0 aromatic carbocycles. The molecule has 5 nitrogen and oxygen atoms in total. The van der Waals surface area contributed by atoms with Gasteiger partial charge in [0.25, 0.3) is 0 Å². The van der Waals surface area contributed by atoms with E-state index in [2.05, 4.69) is 6.58 Å². The van der Waals surface area contributed by atoms with Gasteiger partial charge in [-0.1, -0.05) is 6.08 Å². The number of carbonyl (C=O) groups is 2. The predicted molar refractivity (Wildman–Crippen MR) is 55.7 cm³/mol. The molecule has 0 aromatic heterocycles. The van der Waals surface area contributed by atoms with Crippen LogP contribution in [0.25, 0.3) is 0 Å². The van der Waals surface area contributed by atoms with Crippen LogP contribution in [0, 0.1) is 17.8 Å². The lowest BCUT2D eigenvalue weighted by atomic mass is 9.88. The molecule has 1 aliphatic carbocycles. The van der Waals surface area contributed by atoms with E-state index in [1.807, 2.05) is 0 Å². The standard InChI is InChI=1S/C11H16O5/c1-4-6-5-7(12)9(10(13)14)8(6)11(15-2)16-3/h4,6,8-9,11H,1,5H2,2-3H3,(H,13,14). The van der Waals surface area contributed by atoms with Crippen LogP contribution in [0.4, 0.5) is 0 Å². The first kappa shape index (κ1) is 12.9. The van der Waals surface area contributed by atoms with Crippen molar-refractivity contribution in [3.05, 3.63) is 12.7 Å². The molecule has 3 atom stereocenters. The molecular formula is C11H16O5. The third-order valence-electron chi connectivity index (χ3n) is 3.01. The second kappa shape index (κ2) is 5.23. The summed E-state index contributed by atoms with van der Waals surface area (Å²) in [6, 6.07) is 0. The summed E-state index contributed by atoms with van der Waals surface area (Å²) >= 11 is 0. The molecule has 16 heavy (non-hydrogen) atoms. The second-order valence-corrected chi connectivity index (χ2v) is 3.80. The predicted octanol–water partition coefficient (Wildman–Crippen LogP) is 0.697. The summed E-state index contributed by atoms with van der Waals surface area (Å²) in [5, 5.41) is 9.04. The molecule has 1 saturated carbocycles. The number of methoxy groups -OCH3 is 2. The highest BCUT2D eigenvalue weighted by molar-refractivity contribution is 6.00. The monoisotopic (exact) mass is 228 g/mol. The Morgan fingerprint density at radius 1 is 1.56 bits per heavy atom. The number of carboxylic acid groups (broad SMARTS) is 1. The highest BCUT2D eigenvalue weighted by atomic mass is 16.7. The molecule has 0 bridgehead atoms. The van der Waals surface area contributed by atoms with Gasteiger partial charge in [0, 0.05) is 26.6 Å². The molecule has 1 rings (SSSR count). The highest BCUT2D eigenvalue weighted by Crippen LogP contribution is 2.38. The number of Topliss-reactive ketones (excluding diaryl/α,β-unsaturated/α-hetero) is 1. The number of hydrogen-bond acceptors (Lipinski definition) is 4. The smallest absolute Gasteiger partial charge is 0.314 e. The number of ketones is 1. The van der Waals surface area contributed by atoms with E-state index in [0.717, 1.165) is 0 Å². The number of ether oxygens (including phenoxy) is 2. The largest absolute Gasteiger partial charge is 0.481 e. The molecule has 0 radical (unpaired) electrons. The first-order valence-corrected chi connectivity index (χ1v) is 5.00. The summed E-state index contributed by atoms with van der Waals surface area (Å²) in [7, 11) is 2.85. The fourth-order valence-corrected chi connectivity index (χ4v) is 2.27. The van der Waals surface area contributed by atoms with Gasteiger partial charge in [0.05, 0.1) is 0 Å². The van der Waals surface area contributed by atoms with Gasteiger partial charge in [-0.05, 0) is 5.92 Å². The summed E-state index contributed by atoms with van der Waals surface area (Å²) in [5.41, 5.74) is 0. The van der Waals surface area contributed by atoms with E-state index in [1.165, 1.54) is 14.2 Å². The average molecular weight is 228 g/mol. The number of hydrogen-bond donors (Lipinski definition) is 1. The van der Waals surface area contributed by atoms with Crippen LogP contribution < -0.4 is 0 Å². The summed E-state index contributed by atoms with van der Waals surface area (Å²) in [6.45, 7) is 3.62. The van der Waals surface area contributed by atoms with E-state index < -0.39 is 24.1 Å². The highest BCUT2D eigenvalue weighted by Gasteiger charge is 2.49. The van der Waals surface area contributed by atoms with Gasteiger partial charge in [-0.2, -0.15) is 0 Å². The maximum absolute atomic E-state index is 11.6. The van der Waals surface area contributed by atoms with Gasteiger partial charge < -0.3 is 14.6 Å². The summed E-state index contributed by atoms with van der Waals surface area (Å²) in [5.74, 6) is -3.19. The van der Waals surface area contributed by atoms with Gasteiger partial charge in [0.2, 0.25) is 0 Å². The molecule has 90 valence electrons. The molecule has 1 aliphatic rings. The summed E-state index contributed by atoms with van der Waals surface area (Å²) in [4.78, 5) is 22.6. The lowest BCUT2D eigenvalue weighted by Crippen LogP contribution is -2.36. The third kappa shape index (κ3) is 2.15. The van der Waals surface area contributed by atoms with Gasteiger partial charge in [0.15, 0.2) is 6.29 Å². The fraction of sp³-hybridized carbons (Fsp3) is 0.636. The molecule has 5 heteroatoms. The minimum absolute atomic E-state index is 0.189. The van der Waals surface area contributed by atoms with Gasteiger partial charge in [-0.3, -0.25) is 9.59 Å². The fourth-order valence-electron chi connectivity index (χ4n) is 2.27. The van der Waals surface area contributed by atoms with Crippen LogP contribution in [0.15, 0.2) is 12.7 Å². The number of aliphatic carboxylic acids is 1. The first-order valence-electron chi connectivity index (χ1n) is 5.00. The Balaban J connectivity index is 3.01. The normalized spacial score (nSPS) is 29.7. The molecule has 1 fully saturated rings. The molecule has 0 spiro atoms. The van der Waals surface area contributed by atoms with E-state index in [0.29, 0.717) is 0 Å². The Kier molecular flexibility index (Phi) is 4.20. The van der Waals surface area contributed by atoms with E-state index in [1.54, 1.807) is 6.08 Å². The Labute approximate surface area is 94.0 Å². The van der Waals surface area contributed by atoms with Crippen LogP contribution in [0.5, 0.6) is 0 Å². The molecule has 0 aliphatic heterocycles. The number of carbonyl (C=O) groups excluding carboxylic acids is 1. The van der Waals surface area contributed by atoms with Gasteiger partial charge in [0.1, 0.15) is 11.7 Å². The minimum Gasteiger partial charge on any atom is -0.481 e. The lowest BCUT2D eigenvalue weighted by Gasteiger charge is -2.26. The van der Waals surface area contributed by atoms with Crippen LogP contribution in [-0.4, -0.2) is 37.4 Å². The van der Waals surface area contributed by atoms with Crippen molar-refractivity contribution in [1.82, 2.24) is 0 Å². The minimum atomic E-state index is -1.13. The van der Waals surface area contributed by atoms with Gasteiger partial charge in [-0.25, -0.2) is 0 Å². The number of allylic oxidation sites excluding steroid dienone is 1. The van der Waals surface area contributed by atoms with Gasteiger partial charge in [-0.15, -0.1) is 6.58 Å². The maximum Gasteiger partial charge on any atom is 0.314 e. The first-order chi connectivity index (χ1) is 7.56. The third-order valence-corrected chi connectivity index (χ3v) is 3.01. The lowest BCUT2D eigenvalue weighted by molar-refractivity contribution is -0.168. The zero-order chi connectivity index (χ0) is 12.3. The van der Waals surface area contributed by atoms with Crippen LogP contribution in [-0.2, 0) is 19.1 Å². The van der Waals surface area contributed by atoms with Crippen molar-refractivity contribution in [2.75, 3.05) is 14.2 Å². The Morgan fingerprint density at radius 3 is 2.50 bits per heavy atom. The Morgan fingerprint density at radius 2 is 2.12 bits per heavy atom. The molecule has 3 unspecified atom stereocenters. The van der Waals surface area contributed by atoms with Crippen molar-refractivity contribution in [2.24, 2.45) is 17.8 Å². The zero-order valence-corrected chi connectivity index (χ0v) is 9.38. The van der Waals surface area contributed by atoms with Gasteiger partial charge >= 0.3 is 5.97 Å². The molecule has 0 aromatic rings. The molecule has 1 N–H and O–H groups in total. The van der Waals surface area contributed by atoms with E-state index in [-0.39, 0.29) is 18.1 Å². The molecular weight excluding hydrogens is 212 g/mol. The van der Waals surface area contributed by atoms with Crippen molar-refractivity contribution >= 4 is 11.8 Å². The van der Waals surface area contributed by atoms with Crippen molar-refractivity contribution in [3.63, 3.8) is 0 Å². The molecule has 0 heterocycles. The van der Waals surface area contributed by atoms with Crippen molar-refractivity contribution < 1.29 is 24.2 Å². The van der Waals surface area contributed by atoms with Crippen molar-refractivity contribution in [3.8, 4) is 0 Å². The van der Waals surface area contributed by atoms with Crippen LogP contribution in [0.3, 0.4) is 0 Å². The van der Waals surface area contributed by atoms with Crippen LogP contribution >= 0.6 is 0 Å².